The molecule has 3 heteroatoms. The molecule has 0 spiro atoms. The van der Waals surface area contributed by atoms with Crippen molar-refractivity contribution >= 4 is 25.0 Å². The molecule has 1 aromatic carbocycles. The SMILES string of the molecule is C[SiH](C)Oc1c(C(C)(C)C)ccc(Br)c1C1C2CC3CC(C2)CC1C3. The van der Waals surface area contributed by atoms with Crippen LogP contribution in [-0.4, -0.2) is 9.04 Å². The van der Waals surface area contributed by atoms with Gasteiger partial charge in [-0.15, -0.1) is 0 Å². The van der Waals surface area contributed by atoms with Gasteiger partial charge in [0.2, 0.25) is 9.04 Å². The molecule has 0 N–H and O–H groups in total. The summed E-state index contributed by atoms with van der Waals surface area (Å²) in [5.74, 6) is 5.78. The summed E-state index contributed by atoms with van der Waals surface area (Å²) in [6.07, 6.45) is 7.36. The Balaban J connectivity index is 1.83. The molecular weight excluding hydrogens is 388 g/mol. The highest BCUT2D eigenvalue weighted by Gasteiger charge is 2.50. The molecular formula is C22H33BrOSi. The van der Waals surface area contributed by atoms with Crippen LogP contribution in [0.4, 0.5) is 0 Å². The Morgan fingerprint density at radius 2 is 1.52 bits per heavy atom. The van der Waals surface area contributed by atoms with Gasteiger partial charge >= 0.3 is 0 Å². The average molecular weight is 421 g/mol. The molecule has 0 saturated heterocycles. The maximum absolute atomic E-state index is 6.65. The van der Waals surface area contributed by atoms with Crippen molar-refractivity contribution < 1.29 is 4.43 Å². The largest absolute Gasteiger partial charge is 0.547 e. The number of hydrogen-bond acceptors (Lipinski definition) is 1. The second kappa shape index (κ2) is 6.40. The van der Waals surface area contributed by atoms with Crippen molar-refractivity contribution in [2.45, 2.75) is 77.3 Å². The zero-order chi connectivity index (χ0) is 17.9. The third-order valence-corrected chi connectivity index (χ3v) is 8.26. The van der Waals surface area contributed by atoms with Crippen molar-refractivity contribution in [1.82, 2.24) is 0 Å². The van der Waals surface area contributed by atoms with Gasteiger partial charge in [-0.3, -0.25) is 0 Å². The van der Waals surface area contributed by atoms with E-state index >= 15 is 0 Å². The second-order valence-corrected chi connectivity index (χ2v) is 13.4. The van der Waals surface area contributed by atoms with Gasteiger partial charge in [0.1, 0.15) is 5.75 Å². The van der Waals surface area contributed by atoms with Gasteiger partial charge in [0.05, 0.1) is 0 Å². The van der Waals surface area contributed by atoms with Crippen molar-refractivity contribution in [3.8, 4) is 5.75 Å². The molecule has 0 radical (unpaired) electrons. The van der Waals surface area contributed by atoms with Crippen LogP contribution in [0.15, 0.2) is 16.6 Å². The van der Waals surface area contributed by atoms with E-state index < -0.39 is 9.04 Å². The second-order valence-electron chi connectivity index (χ2n) is 10.2. The first kappa shape index (κ1) is 18.1. The number of halogens is 1. The highest BCUT2D eigenvalue weighted by molar-refractivity contribution is 9.10. The fraction of sp³-hybridized carbons (Fsp3) is 0.727. The van der Waals surface area contributed by atoms with Crippen LogP contribution in [0.5, 0.6) is 5.75 Å². The molecule has 4 saturated carbocycles. The molecule has 25 heavy (non-hydrogen) atoms. The third-order valence-electron chi connectivity index (χ3n) is 6.86. The quantitative estimate of drug-likeness (QED) is 0.497. The molecule has 0 atom stereocenters. The van der Waals surface area contributed by atoms with Crippen LogP contribution >= 0.6 is 15.9 Å². The first-order chi connectivity index (χ1) is 11.7. The number of hydrogen-bond donors (Lipinski definition) is 0. The Kier molecular flexibility index (Phi) is 4.64. The van der Waals surface area contributed by atoms with Gasteiger partial charge in [-0.25, -0.2) is 0 Å². The van der Waals surface area contributed by atoms with Gasteiger partial charge in [-0.1, -0.05) is 42.8 Å². The van der Waals surface area contributed by atoms with Crippen molar-refractivity contribution in [2.24, 2.45) is 23.7 Å². The summed E-state index contributed by atoms with van der Waals surface area (Å²) in [4.78, 5) is 0. The van der Waals surface area contributed by atoms with Crippen LogP contribution in [0.2, 0.25) is 13.1 Å². The van der Waals surface area contributed by atoms with Gasteiger partial charge in [0.25, 0.3) is 0 Å². The normalized spacial score (nSPS) is 34.0. The predicted octanol–water partition coefficient (Wildman–Crippen LogP) is 6.65. The molecule has 0 aliphatic heterocycles. The van der Waals surface area contributed by atoms with E-state index in [9.17, 15) is 0 Å². The average Bonchev–Trinajstić information content (AvgIpc) is 2.46. The van der Waals surface area contributed by atoms with Crippen molar-refractivity contribution in [2.75, 3.05) is 0 Å². The molecule has 4 bridgehead atoms. The fourth-order valence-electron chi connectivity index (χ4n) is 6.24. The summed E-state index contributed by atoms with van der Waals surface area (Å²) in [6, 6.07) is 4.60. The summed E-state index contributed by atoms with van der Waals surface area (Å²) >= 11 is 3.94. The van der Waals surface area contributed by atoms with E-state index in [1.807, 2.05) is 0 Å². The van der Waals surface area contributed by atoms with E-state index in [2.05, 4.69) is 61.9 Å². The lowest BCUT2D eigenvalue weighted by atomic mass is 9.50. The zero-order valence-electron chi connectivity index (χ0n) is 16.4. The molecule has 4 fully saturated rings. The molecule has 0 amide bonds. The highest BCUT2D eigenvalue weighted by atomic mass is 79.9. The van der Waals surface area contributed by atoms with E-state index in [1.54, 1.807) is 0 Å². The standard InChI is InChI=1S/C22H33BrOSi/c1-22(2,3)17-6-7-18(23)20(21(17)24-25(4)5)19-15-9-13-8-14(11-15)12-16(19)10-13/h6-7,13-16,19,25H,8-12H2,1-5H3. The van der Waals surface area contributed by atoms with E-state index in [0.29, 0.717) is 5.92 Å². The maximum Gasteiger partial charge on any atom is 0.229 e. The molecule has 0 unspecified atom stereocenters. The topological polar surface area (TPSA) is 9.23 Å². The molecule has 0 aromatic heterocycles. The Hall–Kier alpha value is -0.283. The smallest absolute Gasteiger partial charge is 0.229 e. The summed E-state index contributed by atoms with van der Waals surface area (Å²) in [5, 5.41) is 0. The first-order valence-electron chi connectivity index (χ1n) is 10.2. The van der Waals surface area contributed by atoms with Gasteiger partial charge in [0, 0.05) is 10.0 Å². The molecule has 1 aromatic rings. The van der Waals surface area contributed by atoms with Gasteiger partial charge in [0.15, 0.2) is 0 Å². The van der Waals surface area contributed by atoms with Crippen molar-refractivity contribution in [3.63, 3.8) is 0 Å². The van der Waals surface area contributed by atoms with Crippen molar-refractivity contribution in [1.29, 1.82) is 0 Å². The fourth-order valence-corrected chi connectivity index (χ4v) is 7.54. The molecule has 0 heterocycles. The van der Waals surface area contributed by atoms with Crippen LogP contribution in [0.25, 0.3) is 0 Å². The van der Waals surface area contributed by atoms with Crippen LogP contribution < -0.4 is 4.43 Å². The Morgan fingerprint density at radius 3 is 2.00 bits per heavy atom. The molecule has 1 nitrogen and oxygen atoms in total. The molecule has 4 aliphatic rings. The summed E-state index contributed by atoms with van der Waals surface area (Å²) < 4.78 is 7.94. The summed E-state index contributed by atoms with van der Waals surface area (Å²) in [5.41, 5.74) is 3.06. The monoisotopic (exact) mass is 420 g/mol. The minimum atomic E-state index is -1.16. The molecule has 5 rings (SSSR count). The summed E-state index contributed by atoms with van der Waals surface area (Å²) in [6.45, 7) is 11.6. The lowest BCUT2D eigenvalue weighted by Gasteiger charge is -2.55. The predicted molar refractivity (Wildman–Crippen MR) is 112 cm³/mol. The van der Waals surface area contributed by atoms with Gasteiger partial charge in [-0.05, 0) is 91.8 Å². The van der Waals surface area contributed by atoms with E-state index in [1.165, 1.54) is 53.5 Å². The Morgan fingerprint density at radius 1 is 0.960 bits per heavy atom. The molecule has 138 valence electrons. The summed E-state index contributed by atoms with van der Waals surface area (Å²) in [7, 11) is -1.16. The van der Waals surface area contributed by atoms with E-state index in [0.717, 1.165) is 23.7 Å². The Labute approximate surface area is 163 Å². The lowest BCUT2D eigenvalue weighted by molar-refractivity contribution is -0.00353. The number of benzene rings is 1. The maximum atomic E-state index is 6.65. The minimum absolute atomic E-state index is 0.125. The van der Waals surface area contributed by atoms with Crippen LogP contribution in [-0.2, 0) is 5.41 Å². The van der Waals surface area contributed by atoms with Gasteiger partial charge < -0.3 is 4.43 Å². The van der Waals surface area contributed by atoms with Crippen LogP contribution in [0, 0.1) is 23.7 Å². The molecule has 4 aliphatic carbocycles. The lowest BCUT2D eigenvalue weighted by Crippen LogP contribution is -2.44. The van der Waals surface area contributed by atoms with Crippen LogP contribution in [0.3, 0.4) is 0 Å². The minimum Gasteiger partial charge on any atom is -0.547 e. The highest BCUT2D eigenvalue weighted by Crippen LogP contribution is 2.62. The van der Waals surface area contributed by atoms with E-state index in [-0.39, 0.29) is 5.41 Å². The van der Waals surface area contributed by atoms with Crippen LogP contribution in [0.1, 0.15) is 69.9 Å². The first-order valence-corrected chi connectivity index (χ1v) is 13.8. The zero-order valence-corrected chi connectivity index (χ0v) is 19.2. The van der Waals surface area contributed by atoms with Crippen molar-refractivity contribution in [3.05, 3.63) is 27.7 Å². The van der Waals surface area contributed by atoms with Gasteiger partial charge in [-0.2, -0.15) is 0 Å². The third kappa shape index (κ3) is 3.24. The Bertz CT molecular complexity index is 633. The van der Waals surface area contributed by atoms with E-state index in [4.69, 9.17) is 4.43 Å². The number of rotatable bonds is 3.